The van der Waals surface area contributed by atoms with Crippen LogP contribution in [0.4, 0.5) is 0 Å². The van der Waals surface area contributed by atoms with Crippen molar-refractivity contribution in [3.63, 3.8) is 0 Å². The lowest BCUT2D eigenvalue weighted by Crippen LogP contribution is -1.85. The smallest absolute Gasteiger partial charge is 0.0123 e. The van der Waals surface area contributed by atoms with Crippen molar-refractivity contribution in [3.05, 3.63) is 47.0 Å². The van der Waals surface area contributed by atoms with Gasteiger partial charge in [0, 0.05) is 0 Å². The van der Waals surface area contributed by atoms with E-state index in [9.17, 15) is 0 Å². The summed E-state index contributed by atoms with van der Waals surface area (Å²) in [5.41, 5.74) is 4.11. The van der Waals surface area contributed by atoms with Gasteiger partial charge in [-0.3, -0.25) is 0 Å². The van der Waals surface area contributed by atoms with Gasteiger partial charge in [0.1, 0.15) is 0 Å². The molecule has 0 aromatic heterocycles. The first-order chi connectivity index (χ1) is 7.20. The summed E-state index contributed by atoms with van der Waals surface area (Å²) in [5, 5.41) is 2.81. The van der Waals surface area contributed by atoms with Crippen molar-refractivity contribution in [2.24, 2.45) is 0 Å². The molecule has 0 atom stereocenters. The van der Waals surface area contributed by atoms with Crippen LogP contribution < -0.4 is 0 Å². The maximum Gasteiger partial charge on any atom is -0.0123 e. The van der Waals surface area contributed by atoms with Gasteiger partial charge in [0.2, 0.25) is 0 Å². The Morgan fingerprint density at radius 3 is 1.80 bits per heavy atom. The fraction of sp³-hybridized carbons (Fsp3) is 0.333. The third-order valence-electron chi connectivity index (χ3n) is 2.68. The maximum absolute atomic E-state index is 2.20. The molecule has 0 spiro atoms. The molecule has 0 heteroatoms. The van der Waals surface area contributed by atoms with Gasteiger partial charge in [-0.05, 0) is 48.2 Å². The minimum Gasteiger partial charge on any atom is -0.0683 e. The van der Waals surface area contributed by atoms with Crippen molar-refractivity contribution in [2.75, 3.05) is 0 Å². The van der Waals surface area contributed by atoms with Crippen molar-refractivity contribution < 1.29 is 0 Å². The molecule has 2 aromatic rings. The summed E-state index contributed by atoms with van der Waals surface area (Å²) in [7, 11) is 0. The fourth-order valence-corrected chi connectivity index (χ4v) is 1.94. The predicted molar refractivity (Wildman–Crippen MR) is 69.5 cm³/mol. The molecular formula is C15H20. The van der Waals surface area contributed by atoms with Gasteiger partial charge >= 0.3 is 0 Å². The maximum atomic E-state index is 2.20. The van der Waals surface area contributed by atoms with Gasteiger partial charge in [0.25, 0.3) is 0 Å². The van der Waals surface area contributed by atoms with Crippen LogP contribution in [0.3, 0.4) is 0 Å². The van der Waals surface area contributed by atoms with Crippen LogP contribution in [0.5, 0.6) is 0 Å². The molecule has 0 aliphatic carbocycles. The Morgan fingerprint density at radius 2 is 1.20 bits per heavy atom. The summed E-state index contributed by atoms with van der Waals surface area (Å²) >= 11 is 0. The molecular weight excluding hydrogens is 180 g/mol. The van der Waals surface area contributed by atoms with E-state index in [0.717, 1.165) is 0 Å². The zero-order valence-electron chi connectivity index (χ0n) is 10.4. The van der Waals surface area contributed by atoms with Crippen LogP contribution in [0.25, 0.3) is 10.8 Å². The third-order valence-corrected chi connectivity index (χ3v) is 2.68. The molecule has 0 bridgehead atoms. The molecule has 15 heavy (non-hydrogen) atoms. The lowest BCUT2D eigenvalue weighted by molar-refractivity contribution is 1.42. The zero-order chi connectivity index (χ0) is 11.4. The molecule has 2 rings (SSSR count). The zero-order valence-corrected chi connectivity index (χ0v) is 10.4. The van der Waals surface area contributed by atoms with Crippen molar-refractivity contribution in [3.8, 4) is 0 Å². The molecule has 0 radical (unpaired) electrons. The molecule has 0 fully saturated rings. The summed E-state index contributed by atoms with van der Waals surface area (Å²) in [5.74, 6) is 0. The van der Waals surface area contributed by atoms with Gasteiger partial charge in [-0.1, -0.05) is 44.2 Å². The summed E-state index contributed by atoms with van der Waals surface area (Å²) in [6.07, 6.45) is 0. The van der Waals surface area contributed by atoms with Gasteiger partial charge in [0.05, 0.1) is 0 Å². The second-order valence-electron chi connectivity index (χ2n) is 3.70. The monoisotopic (exact) mass is 200 g/mol. The van der Waals surface area contributed by atoms with E-state index in [4.69, 9.17) is 0 Å². The van der Waals surface area contributed by atoms with Crippen LogP contribution in [0.2, 0.25) is 0 Å². The van der Waals surface area contributed by atoms with Crippen molar-refractivity contribution >= 4 is 10.8 Å². The Labute approximate surface area is 92.9 Å². The molecule has 80 valence electrons. The summed E-state index contributed by atoms with van der Waals surface area (Å²) in [6, 6.07) is 10.9. The number of hydrogen-bond donors (Lipinski definition) is 0. The molecule has 0 unspecified atom stereocenters. The molecule has 0 N–H and O–H groups in total. The van der Waals surface area contributed by atoms with Gasteiger partial charge in [-0.2, -0.15) is 0 Å². The summed E-state index contributed by atoms with van der Waals surface area (Å²) in [6.45, 7) is 10.5. The van der Waals surface area contributed by atoms with Crippen LogP contribution in [-0.4, -0.2) is 0 Å². The second-order valence-corrected chi connectivity index (χ2v) is 3.70. The van der Waals surface area contributed by atoms with Gasteiger partial charge in [-0.25, -0.2) is 0 Å². The van der Waals surface area contributed by atoms with Crippen LogP contribution in [-0.2, 0) is 0 Å². The van der Waals surface area contributed by atoms with Crippen LogP contribution >= 0.6 is 0 Å². The van der Waals surface area contributed by atoms with Crippen molar-refractivity contribution in [2.45, 2.75) is 34.6 Å². The number of fused-ring (bicyclic) bond motifs is 1. The largest absolute Gasteiger partial charge is 0.0683 e. The van der Waals surface area contributed by atoms with Crippen LogP contribution in [0.15, 0.2) is 30.3 Å². The molecule has 0 aliphatic rings. The minimum absolute atomic E-state index is 1.37. The van der Waals surface area contributed by atoms with Crippen molar-refractivity contribution in [1.29, 1.82) is 0 Å². The van der Waals surface area contributed by atoms with Gasteiger partial charge in [0.15, 0.2) is 0 Å². The minimum atomic E-state index is 1.37. The third kappa shape index (κ3) is 2.20. The lowest BCUT2D eigenvalue weighted by atomic mass is 9.97. The number of benzene rings is 2. The van der Waals surface area contributed by atoms with E-state index >= 15 is 0 Å². The number of hydrogen-bond acceptors (Lipinski definition) is 0. The topological polar surface area (TPSA) is 0 Å². The fourth-order valence-electron chi connectivity index (χ4n) is 1.94. The Kier molecular flexibility index (Phi) is 3.90. The molecule has 0 saturated heterocycles. The highest BCUT2D eigenvalue weighted by Gasteiger charge is 2.01. The highest BCUT2D eigenvalue weighted by Crippen LogP contribution is 2.24. The predicted octanol–water partition coefficient (Wildman–Crippen LogP) is 4.79. The Hall–Kier alpha value is -1.30. The average Bonchev–Trinajstić information content (AvgIpc) is 2.26. The standard InChI is InChI=1S/C13H14.C2H6/c1-9-7-8-11(3)13-10(2)5-4-6-12(9)13;1-2/h4-8H,1-3H3;1-2H3. The second kappa shape index (κ2) is 4.97. The molecule has 0 saturated carbocycles. The van der Waals surface area contributed by atoms with E-state index in [1.807, 2.05) is 13.8 Å². The Balaban J connectivity index is 0.000000531. The number of aryl methyl sites for hydroxylation is 3. The van der Waals surface area contributed by atoms with E-state index in [0.29, 0.717) is 0 Å². The molecule has 0 aliphatic heterocycles. The Morgan fingerprint density at radius 1 is 0.667 bits per heavy atom. The lowest BCUT2D eigenvalue weighted by Gasteiger charge is -2.07. The first-order valence-electron chi connectivity index (χ1n) is 5.65. The van der Waals surface area contributed by atoms with E-state index in [-0.39, 0.29) is 0 Å². The highest BCUT2D eigenvalue weighted by molar-refractivity contribution is 5.91. The normalized spacial score (nSPS) is 9.67. The first-order valence-corrected chi connectivity index (χ1v) is 5.65. The molecule has 0 heterocycles. The van der Waals surface area contributed by atoms with E-state index in [1.165, 1.54) is 27.5 Å². The van der Waals surface area contributed by atoms with Gasteiger partial charge < -0.3 is 0 Å². The van der Waals surface area contributed by atoms with Crippen LogP contribution in [0.1, 0.15) is 30.5 Å². The molecule has 0 amide bonds. The first kappa shape index (κ1) is 11.8. The average molecular weight is 200 g/mol. The van der Waals surface area contributed by atoms with Crippen molar-refractivity contribution in [1.82, 2.24) is 0 Å². The summed E-state index contributed by atoms with van der Waals surface area (Å²) in [4.78, 5) is 0. The van der Waals surface area contributed by atoms with Gasteiger partial charge in [-0.15, -0.1) is 0 Å². The molecule has 0 nitrogen and oxygen atoms in total. The SMILES string of the molecule is CC.Cc1ccc(C)c2c(C)cccc12. The number of rotatable bonds is 0. The van der Waals surface area contributed by atoms with E-state index in [1.54, 1.807) is 0 Å². The summed E-state index contributed by atoms with van der Waals surface area (Å²) < 4.78 is 0. The quantitative estimate of drug-likeness (QED) is 0.573. The van der Waals surface area contributed by atoms with E-state index in [2.05, 4.69) is 51.1 Å². The highest BCUT2D eigenvalue weighted by atomic mass is 14.1. The van der Waals surface area contributed by atoms with E-state index < -0.39 is 0 Å². The molecule has 2 aromatic carbocycles. The Bertz CT molecular complexity index is 445. The van der Waals surface area contributed by atoms with Crippen LogP contribution in [0, 0.1) is 20.8 Å².